The number of carbonyl (C=O) groups is 2. The molecular weight excluding hydrogens is 1150 g/mol. The number of hydrogen-bond acceptors (Lipinski definition) is 8. The van der Waals surface area contributed by atoms with Crippen molar-refractivity contribution < 1.29 is 37.6 Å². The summed E-state index contributed by atoms with van der Waals surface area (Å²) in [4.78, 5) is 35.4. The van der Waals surface area contributed by atoms with Crippen molar-refractivity contribution in [3.8, 4) is 0 Å². The summed E-state index contributed by atoms with van der Waals surface area (Å²) in [5, 5.41) is 0. The van der Waals surface area contributed by atoms with Crippen molar-refractivity contribution in [2.75, 3.05) is 26.4 Å². The summed E-state index contributed by atoms with van der Waals surface area (Å²) < 4.78 is 33.3. The van der Waals surface area contributed by atoms with Crippen LogP contribution in [0.4, 0.5) is 0 Å². The molecule has 528 valence electrons. The Bertz CT molecular complexity index is 1820. The number of allylic oxidation sites excluding steroid dienone is 16. The van der Waals surface area contributed by atoms with Crippen LogP contribution in [0.15, 0.2) is 97.2 Å². The molecule has 3 N–H and O–H groups in total. The van der Waals surface area contributed by atoms with E-state index in [1.165, 1.54) is 257 Å². The predicted octanol–water partition coefficient (Wildman–Crippen LogP) is 25.9. The molecule has 0 bridgehead atoms. The molecule has 9 nitrogen and oxygen atoms in total. The van der Waals surface area contributed by atoms with Gasteiger partial charge in [0.25, 0.3) is 0 Å². The number of rotatable bonds is 73. The Morgan fingerprint density at radius 3 is 0.912 bits per heavy atom. The summed E-state index contributed by atoms with van der Waals surface area (Å²) in [7, 11) is -4.40. The van der Waals surface area contributed by atoms with Gasteiger partial charge in [-0.1, -0.05) is 361 Å². The van der Waals surface area contributed by atoms with Crippen LogP contribution >= 0.6 is 7.82 Å². The summed E-state index contributed by atoms with van der Waals surface area (Å²) in [5.74, 6) is -0.813. The van der Waals surface area contributed by atoms with Gasteiger partial charge in [0.05, 0.1) is 13.2 Å². The van der Waals surface area contributed by atoms with Crippen molar-refractivity contribution in [3.05, 3.63) is 97.2 Å². The number of phosphoric ester groups is 1. The number of phosphoric acid groups is 1. The quantitative estimate of drug-likeness (QED) is 0.0264. The van der Waals surface area contributed by atoms with E-state index in [0.29, 0.717) is 6.42 Å². The van der Waals surface area contributed by atoms with Crippen molar-refractivity contribution in [2.45, 2.75) is 380 Å². The fourth-order valence-electron chi connectivity index (χ4n) is 11.3. The van der Waals surface area contributed by atoms with Crippen molar-refractivity contribution in [1.82, 2.24) is 0 Å². The molecule has 91 heavy (non-hydrogen) atoms. The fraction of sp³-hybridized carbons (Fsp3) is 0.778. The van der Waals surface area contributed by atoms with Gasteiger partial charge in [-0.3, -0.25) is 18.6 Å². The van der Waals surface area contributed by atoms with E-state index < -0.39 is 26.5 Å². The summed E-state index contributed by atoms with van der Waals surface area (Å²) in [5.41, 5.74) is 5.41. The van der Waals surface area contributed by atoms with Gasteiger partial charge in [-0.15, -0.1) is 0 Å². The van der Waals surface area contributed by atoms with Crippen LogP contribution in [0.5, 0.6) is 0 Å². The highest BCUT2D eigenvalue weighted by Gasteiger charge is 2.26. The molecule has 0 aromatic heterocycles. The lowest BCUT2D eigenvalue weighted by molar-refractivity contribution is -0.161. The van der Waals surface area contributed by atoms with Crippen LogP contribution in [0.3, 0.4) is 0 Å². The molecule has 0 aliphatic heterocycles. The average molecular weight is 1290 g/mol. The van der Waals surface area contributed by atoms with Crippen LogP contribution in [0.25, 0.3) is 0 Å². The van der Waals surface area contributed by atoms with E-state index >= 15 is 0 Å². The van der Waals surface area contributed by atoms with Gasteiger partial charge in [-0.25, -0.2) is 4.57 Å². The van der Waals surface area contributed by atoms with E-state index in [-0.39, 0.29) is 38.6 Å². The smallest absolute Gasteiger partial charge is 0.462 e. The van der Waals surface area contributed by atoms with Gasteiger partial charge in [-0.05, 0) is 96.3 Å². The molecule has 0 aromatic carbocycles. The first-order valence-corrected chi connectivity index (χ1v) is 40.2. The molecule has 0 aliphatic carbocycles. The number of hydrogen-bond donors (Lipinski definition) is 2. The maximum atomic E-state index is 12.8. The largest absolute Gasteiger partial charge is 0.472 e. The summed E-state index contributed by atoms with van der Waals surface area (Å²) in [6.45, 7) is 3.68. The highest BCUT2D eigenvalue weighted by atomic mass is 31.2. The Balaban J connectivity index is 3.82. The lowest BCUT2D eigenvalue weighted by Gasteiger charge is -2.19. The summed E-state index contributed by atoms with van der Waals surface area (Å²) in [6, 6.07) is 0. The van der Waals surface area contributed by atoms with Gasteiger partial charge in [0.2, 0.25) is 0 Å². The molecule has 0 amide bonds. The van der Waals surface area contributed by atoms with E-state index in [0.717, 1.165) is 83.5 Å². The molecule has 2 unspecified atom stereocenters. The van der Waals surface area contributed by atoms with Crippen LogP contribution in [0.2, 0.25) is 0 Å². The summed E-state index contributed by atoms with van der Waals surface area (Å²) >= 11 is 0. The molecule has 2 atom stereocenters. The molecule has 0 rings (SSSR count). The first kappa shape index (κ1) is 87.9. The standard InChI is InChI=1S/C81H146NO8P/c1-3-5-7-9-11-13-15-17-19-21-23-25-27-29-31-33-35-37-38-39-40-42-44-46-48-50-52-54-56-58-60-62-64-66-68-70-72-74-81(84)90-79(78-89-91(85,86)88-76-75-82)77-87-80(83)73-71-69-67-65-63-61-59-57-55-53-51-49-47-45-43-41-36-34-32-30-28-26-24-22-20-18-16-14-12-10-8-6-4-2/h5,7,11,13,17,19,22-25,29,31,35,37,39-40,79H,3-4,6,8-10,12,14-16,18,20-21,26-28,30,32-34,36,38,41-78,82H2,1-2H3,(H,85,86)/b7-5-,13-11-,19-17-,24-22-,25-23-,31-29-,37-35-,40-39-. The first-order chi connectivity index (χ1) is 44.8. The Kier molecular flexibility index (Phi) is 73.4. The van der Waals surface area contributed by atoms with Crippen molar-refractivity contribution in [2.24, 2.45) is 5.73 Å². The van der Waals surface area contributed by atoms with E-state index in [1.54, 1.807) is 0 Å². The zero-order valence-corrected chi connectivity index (χ0v) is 60.5. The third-order valence-corrected chi connectivity index (χ3v) is 17.9. The molecule has 0 saturated carbocycles. The molecule has 0 saturated heterocycles. The van der Waals surface area contributed by atoms with E-state index in [2.05, 4.69) is 111 Å². The topological polar surface area (TPSA) is 134 Å². The lowest BCUT2D eigenvalue weighted by Crippen LogP contribution is -2.29. The summed E-state index contributed by atoms with van der Waals surface area (Å²) in [6.07, 6.45) is 104. The molecule has 0 fully saturated rings. The third kappa shape index (κ3) is 75.8. The van der Waals surface area contributed by atoms with Gasteiger partial charge in [0.1, 0.15) is 6.61 Å². The molecule has 0 aliphatic rings. The van der Waals surface area contributed by atoms with Gasteiger partial charge in [0.15, 0.2) is 6.10 Å². The second-order valence-corrected chi connectivity index (χ2v) is 27.3. The van der Waals surface area contributed by atoms with Crippen molar-refractivity contribution in [3.63, 3.8) is 0 Å². The Hall–Kier alpha value is -3.07. The van der Waals surface area contributed by atoms with Crippen LogP contribution < -0.4 is 5.73 Å². The second kappa shape index (κ2) is 76.0. The molecule has 0 aromatic rings. The second-order valence-electron chi connectivity index (χ2n) is 25.8. The number of ether oxygens (including phenoxy) is 2. The highest BCUT2D eigenvalue weighted by Crippen LogP contribution is 2.43. The molecule has 0 heterocycles. The third-order valence-electron chi connectivity index (χ3n) is 17.0. The van der Waals surface area contributed by atoms with E-state index in [1.807, 2.05) is 0 Å². The van der Waals surface area contributed by atoms with Crippen LogP contribution in [0, 0.1) is 0 Å². The SMILES string of the molecule is CC/C=C\C/C=C\C/C=C\C/C=C\C/C=C\C/C=C\C/C=C\CCCCCCCCCCCCCCCCCC(=O)OC(COC(=O)CCCCCCCCCCCCCCCCCCCCCCC/C=C\CCCCCCCCCC)COP(=O)(O)OCCN. The zero-order chi connectivity index (χ0) is 65.8. The zero-order valence-electron chi connectivity index (χ0n) is 59.6. The Labute approximate surface area is 563 Å². The van der Waals surface area contributed by atoms with Crippen LogP contribution in [0.1, 0.15) is 373 Å². The minimum atomic E-state index is -4.40. The van der Waals surface area contributed by atoms with Crippen LogP contribution in [-0.4, -0.2) is 49.3 Å². The normalized spacial score (nSPS) is 13.4. The molecule has 0 radical (unpaired) electrons. The van der Waals surface area contributed by atoms with Gasteiger partial charge in [0, 0.05) is 19.4 Å². The average Bonchev–Trinajstić information content (AvgIpc) is 3.74. The fourth-order valence-corrected chi connectivity index (χ4v) is 12.0. The number of esters is 2. The minimum Gasteiger partial charge on any atom is -0.462 e. The predicted molar refractivity (Wildman–Crippen MR) is 395 cm³/mol. The minimum absolute atomic E-state index is 0.0524. The van der Waals surface area contributed by atoms with Crippen LogP contribution in [-0.2, 0) is 32.7 Å². The van der Waals surface area contributed by atoms with E-state index in [4.69, 9.17) is 24.3 Å². The van der Waals surface area contributed by atoms with Gasteiger partial charge >= 0.3 is 19.8 Å². The number of carbonyl (C=O) groups excluding carboxylic acids is 2. The molecule has 0 spiro atoms. The Morgan fingerprint density at radius 2 is 0.604 bits per heavy atom. The highest BCUT2D eigenvalue weighted by molar-refractivity contribution is 7.47. The monoisotopic (exact) mass is 1290 g/mol. The number of nitrogens with two attached hydrogens (primary N) is 1. The molecular formula is C81H146NO8P. The maximum absolute atomic E-state index is 12.8. The first-order valence-electron chi connectivity index (χ1n) is 38.7. The van der Waals surface area contributed by atoms with Gasteiger partial charge < -0.3 is 20.1 Å². The Morgan fingerprint density at radius 1 is 0.341 bits per heavy atom. The maximum Gasteiger partial charge on any atom is 0.472 e. The molecule has 10 heteroatoms. The van der Waals surface area contributed by atoms with Crippen molar-refractivity contribution in [1.29, 1.82) is 0 Å². The van der Waals surface area contributed by atoms with Crippen molar-refractivity contribution >= 4 is 19.8 Å². The van der Waals surface area contributed by atoms with E-state index in [9.17, 15) is 19.0 Å². The number of unbranched alkanes of at least 4 members (excludes halogenated alkanes) is 44. The lowest BCUT2D eigenvalue weighted by atomic mass is 10.0. The van der Waals surface area contributed by atoms with Gasteiger partial charge in [-0.2, -0.15) is 0 Å².